The molecule has 0 bridgehead atoms. The highest BCUT2D eigenvalue weighted by Crippen LogP contribution is 2.45. The molecular formula is C95H162O16P2. The van der Waals surface area contributed by atoms with Crippen molar-refractivity contribution in [3.05, 3.63) is 158 Å². The number of aliphatic hydroxyl groups is 2. The van der Waals surface area contributed by atoms with Crippen LogP contribution in [0.25, 0.3) is 0 Å². The predicted octanol–water partition coefficient (Wildman–Crippen LogP) is 27.3. The Bertz CT molecular complexity index is 2680. The number of phosphoric acid groups is 2. The number of carbonyl (C=O) groups excluding carboxylic acids is 3. The van der Waals surface area contributed by atoms with Gasteiger partial charge in [-0.3, -0.25) is 32.5 Å². The molecule has 18 heteroatoms. The molecule has 648 valence electrons. The van der Waals surface area contributed by atoms with Gasteiger partial charge >= 0.3 is 33.6 Å². The molecule has 0 amide bonds. The molecule has 113 heavy (non-hydrogen) atoms. The zero-order valence-corrected chi connectivity index (χ0v) is 73.0. The van der Waals surface area contributed by atoms with E-state index < -0.39 is 91.5 Å². The summed E-state index contributed by atoms with van der Waals surface area (Å²) in [5.74, 6) is -1.60. The van der Waals surface area contributed by atoms with Gasteiger partial charge in [0.05, 0.1) is 26.4 Å². The molecule has 0 radical (unpaired) electrons. The van der Waals surface area contributed by atoms with Crippen molar-refractivity contribution < 1.29 is 75.8 Å². The number of aliphatic hydroxyl groups excluding tert-OH is 2. The van der Waals surface area contributed by atoms with Crippen LogP contribution in [-0.2, 0) is 55.8 Å². The number of ether oxygens (including phenoxy) is 3. The number of hydrogen-bond acceptors (Lipinski definition) is 14. The van der Waals surface area contributed by atoms with Gasteiger partial charge in [0.25, 0.3) is 0 Å². The molecule has 5 unspecified atom stereocenters. The minimum Gasteiger partial charge on any atom is -0.463 e. The Morgan fingerprint density at radius 2 is 0.469 bits per heavy atom. The van der Waals surface area contributed by atoms with Crippen LogP contribution in [0.4, 0.5) is 0 Å². The highest BCUT2D eigenvalue weighted by atomic mass is 31.2. The van der Waals surface area contributed by atoms with Crippen molar-refractivity contribution in [2.75, 3.05) is 39.6 Å². The molecule has 0 aromatic carbocycles. The van der Waals surface area contributed by atoms with Crippen LogP contribution in [-0.4, -0.2) is 95.9 Å². The van der Waals surface area contributed by atoms with Crippen LogP contribution in [0, 0.1) is 0 Å². The average molecular weight is 1620 g/mol. The van der Waals surface area contributed by atoms with Gasteiger partial charge in [0.2, 0.25) is 0 Å². The Morgan fingerprint density at radius 3 is 0.743 bits per heavy atom. The van der Waals surface area contributed by atoms with Crippen LogP contribution in [0.5, 0.6) is 0 Å². The van der Waals surface area contributed by atoms with Gasteiger partial charge in [0.15, 0.2) is 6.10 Å². The van der Waals surface area contributed by atoms with Crippen molar-refractivity contribution in [3.8, 4) is 0 Å². The molecule has 0 aliphatic rings. The molecule has 16 nitrogen and oxygen atoms in total. The fraction of sp³-hybridized carbons (Fsp3) is 0.695. The van der Waals surface area contributed by atoms with E-state index in [4.69, 9.17) is 32.3 Å². The quantitative estimate of drug-likeness (QED) is 0.0146. The lowest BCUT2D eigenvalue weighted by Crippen LogP contribution is -2.30. The first-order valence-electron chi connectivity index (χ1n) is 44.8. The highest BCUT2D eigenvalue weighted by molar-refractivity contribution is 7.47. The lowest BCUT2D eigenvalue weighted by atomic mass is 10.0. The first-order valence-corrected chi connectivity index (χ1v) is 47.8. The third-order valence-electron chi connectivity index (χ3n) is 18.7. The summed E-state index contributed by atoms with van der Waals surface area (Å²) in [5, 5.41) is 20.7. The Labute approximate surface area is 689 Å². The number of esters is 3. The number of unbranched alkanes of at least 4 members (excludes halogenated alkanes) is 35. The molecule has 0 aliphatic heterocycles. The Hall–Kier alpha value is -4.83. The fourth-order valence-corrected chi connectivity index (χ4v) is 13.5. The van der Waals surface area contributed by atoms with Crippen molar-refractivity contribution in [1.29, 1.82) is 0 Å². The van der Waals surface area contributed by atoms with Crippen LogP contribution >= 0.6 is 15.6 Å². The summed E-state index contributed by atoms with van der Waals surface area (Å²) in [6.07, 6.45) is 110. The molecule has 0 aromatic rings. The second kappa shape index (κ2) is 86.5. The van der Waals surface area contributed by atoms with E-state index in [-0.39, 0.29) is 19.3 Å². The highest BCUT2D eigenvalue weighted by Gasteiger charge is 2.29. The topological polar surface area (TPSA) is 231 Å². The first-order chi connectivity index (χ1) is 55.2. The lowest BCUT2D eigenvalue weighted by molar-refractivity contribution is -0.161. The normalized spacial score (nSPS) is 14.6. The van der Waals surface area contributed by atoms with Crippen LogP contribution in [0.3, 0.4) is 0 Å². The van der Waals surface area contributed by atoms with Gasteiger partial charge in [-0.15, -0.1) is 0 Å². The molecule has 0 aromatic heterocycles. The molecule has 0 saturated carbocycles. The molecule has 0 heterocycles. The summed E-state index contributed by atoms with van der Waals surface area (Å²) < 4.78 is 61.4. The molecule has 5 atom stereocenters. The number of rotatable bonds is 84. The summed E-state index contributed by atoms with van der Waals surface area (Å²) in [6.45, 7) is 2.52. The van der Waals surface area contributed by atoms with E-state index in [0.29, 0.717) is 19.3 Å². The Kier molecular flexibility index (Phi) is 82.8. The van der Waals surface area contributed by atoms with Gasteiger partial charge in [-0.1, -0.05) is 352 Å². The second-order valence-electron chi connectivity index (χ2n) is 29.7. The summed E-state index contributed by atoms with van der Waals surface area (Å²) in [7, 11) is -9.82. The standard InChI is InChI=1S/C95H162O16P2/c1-4-7-10-13-16-19-22-25-28-31-34-37-39-41-43-44-46-48-49-52-54-57-60-63-66-69-72-75-78-81-93(98)105-84-90(96)85-107-112(101,102)108-86-91(97)87-109-113(103,104)110-89-92(111-95(100)83-80-77-74-71-68-65-62-59-56-51-36-33-30-27-24-21-18-15-12-9-6-3)88-106-94(99)82-79-76-73-70-67-64-61-58-55-53-50-47-45-42-40-38-35-32-29-26-23-20-17-14-11-8-5-2/h9,12,16-21,25-30,34-38,41-43,45,51,59,62,90-92,96-97H,4-8,10-11,13-15,22-24,31-33,39-40,44,46-50,52-58,60-61,63-89H2,1-3H3,(H,101,102)(H,103,104)/b12-9-,19-16-,20-17-,21-18-,28-25-,29-26-,30-27-,37-34-,38-35-,43-41-,45-42-,51-36-,62-59-. The van der Waals surface area contributed by atoms with E-state index >= 15 is 0 Å². The minimum absolute atomic E-state index is 0.0775. The molecule has 0 spiro atoms. The first kappa shape index (κ1) is 108. The molecule has 0 saturated heterocycles. The monoisotopic (exact) mass is 1620 g/mol. The van der Waals surface area contributed by atoms with Gasteiger partial charge < -0.3 is 34.2 Å². The average Bonchev–Trinajstić information content (AvgIpc) is 0.901. The van der Waals surface area contributed by atoms with Gasteiger partial charge in [0, 0.05) is 19.3 Å². The number of carbonyl (C=O) groups is 3. The lowest BCUT2D eigenvalue weighted by Gasteiger charge is -2.21. The number of phosphoric ester groups is 2. The van der Waals surface area contributed by atoms with E-state index in [1.54, 1.807) is 0 Å². The van der Waals surface area contributed by atoms with E-state index in [0.717, 1.165) is 161 Å². The van der Waals surface area contributed by atoms with Crippen molar-refractivity contribution in [2.45, 2.75) is 386 Å². The Balaban J connectivity index is 4.64. The van der Waals surface area contributed by atoms with Crippen molar-refractivity contribution in [3.63, 3.8) is 0 Å². The van der Waals surface area contributed by atoms with Crippen LogP contribution in [0.15, 0.2) is 158 Å². The van der Waals surface area contributed by atoms with E-state index in [1.807, 2.05) is 0 Å². The van der Waals surface area contributed by atoms with Gasteiger partial charge in [0.1, 0.15) is 25.4 Å². The summed E-state index contributed by atoms with van der Waals surface area (Å²) in [4.78, 5) is 58.9. The molecule has 0 fully saturated rings. The third-order valence-corrected chi connectivity index (χ3v) is 20.6. The van der Waals surface area contributed by atoms with Crippen LogP contribution in [0.2, 0.25) is 0 Å². The van der Waals surface area contributed by atoms with E-state index in [9.17, 15) is 43.5 Å². The van der Waals surface area contributed by atoms with Crippen LogP contribution < -0.4 is 0 Å². The molecular weight excluding hydrogens is 1460 g/mol. The molecule has 0 rings (SSSR count). The maximum Gasteiger partial charge on any atom is 0.472 e. The van der Waals surface area contributed by atoms with E-state index in [2.05, 4.69) is 179 Å². The second-order valence-corrected chi connectivity index (χ2v) is 32.6. The summed E-state index contributed by atoms with van der Waals surface area (Å²) in [5.41, 5.74) is 0. The SMILES string of the molecule is CC/C=C\C/C=C\C/C=C\C/C=C\C/C=C\CCCCCCCC(=O)OC(COC(=O)CCCCCCCCCCCCC/C=C\C/C=C\C/C=C\C/C=C\CCCCC)COP(=O)(O)OCC(O)COP(=O)(O)OCC(O)COC(=O)CCCCCCCCCCCCCCC/C=C\C/C=C\C/C=C\C/C=C\CCCCC. The zero-order valence-electron chi connectivity index (χ0n) is 71.3. The van der Waals surface area contributed by atoms with Crippen molar-refractivity contribution in [2.24, 2.45) is 0 Å². The zero-order chi connectivity index (χ0) is 82.2. The smallest absolute Gasteiger partial charge is 0.463 e. The number of allylic oxidation sites excluding steroid dienone is 26. The van der Waals surface area contributed by atoms with Gasteiger partial charge in [-0.2, -0.15) is 0 Å². The number of hydrogen-bond donors (Lipinski definition) is 4. The van der Waals surface area contributed by atoms with E-state index in [1.165, 1.54) is 148 Å². The van der Waals surface area contributed by atoms with Gasteiger partial charge in [-0.05, 0) is 154 Å². The largest absolute Gasteiger partial charge is 0.472 e. The maximum absolute atomic E-state index is 13.1. The summed E-state index contributed by atoms with van der Waals surface area (Å²) >= 11 is 0. The maximum atomic E-state index is 13.1. The van der Waals surface area contributed by atoms with Crippen LogP contribution in [0.1, 0.15) is 367 Å². The Morgan fingerprint density at radius 1 is 0.257 bits per heavy atom. The van der Waals surface area contributed by atoms with Crippen molar-refractivity contribution >= 4 is 33.6 Å². The third kappa shape index (κ3) is 87.8. The van der Waals surface area contributed by atoms with Gasteiger partial charge in [-0.25, -0.2) is 9.13 Å². The van der Waals surface area contributed by atoms with Crippen molar-refractivity contribution in [1.82, 2.24) is 0 Å². The fourth-order valence-electron chi connectivity index (χ4n) is 11.9. The summed E-state index contributed by atoms with van der Waals surface area (Å²) in [6, 6.07) is 0. The predicted molar refractivity (Wildman–Crippen MR) is 472 cm³/mol. The molecule has 4 N–H and O–H groups in total. The molecule has 0 aliphatic carbocycles. The minimum atomic E-state index is -4.95.